The molecule has 20 aromatic rings. The monoisotopic (exact) mass is 1530 g/mol. The van der Waals surface area contributed by atoms with Crippen molar-refractivity contribution in [1.82, 2.24) is 19.1 Å². The Bertz CT molecular complexity index is 6910. The second-order valence-electron chi connectivity index (χ2n) is 30.9. The van der Waals surface area contributed by atoms with E-state index in [4.69, 9.17) is 9.97 Å². The summed E-state index contributed by atoms with van der Waals surface area (Å²) in [7, 11) is 0. The van der Waals surface area contributed by atoms with Crippen LogP contribution in [0.3, 0.4) is 0 Å². The minimum atomic E-state index is 0.101. The Morgan fingerprint density at radius 3 is 1.03 bits per heavy atom. The van der Waals surface area contributed by atoms with E-state index in [9.17, 15) is 0 Å². The van der Waals surface area contributed by atoms with Crippen LogP contribution in [0.5, 0.6) is 0 Å². The second kappa shape index (κ2) is 30.4. The number of rotatable bonds is 18. The van der Waals surface area contributed by atoms with Gasteiger partial charge in [0.25, 0.3) is 0 Å². The minimum Gasteiger partial charge on any atom is -0.333 e. The molecule has 4 heterocycles. The summed E-state index contributed by atoms with van der Waals surface area (Å²) in [5.74, 6) is 0.626. The highest BCUT2D eigenvalue weighted by Gasteiger charge is 2.37. The number of benzene rings is 17. The number of aromatic nitrogens is 4. The van der Waals surface area contributed by atoms with Gasteiger partial charge in [-0.1, -0.05) is 261 Å². The Morgan fingerprint density at radius 1 is 0.242 bits per heavy atom. The summed E-state index contributed by atoms with van der Waals surface area (Å²) in [4.78, 5) is 20.9. The Morgan fingerprint density at radius 2 is 0.583 bits per heavy atom. The molecule has 0 bridgehead atoms. The summed E-state index contributed by atoms with van der Waals surface area (Å²) in [6, 6.07) is 160. The molecular weight excluding hydrogens is 1460 g/mol. The fraction of sp³-hybridized carbons (Fsp3) is 0.0179. The molecule has 1 aliphatic carbocycles. The zero-order valence-electron chi connectivity index (χ0n) is 65.7. The van der Waals surface area contributed by atoms with E-state index in [2.05, 4.69) is 484 Å². The first-order valence-corrected chi connectivity index (χ1v) is 41.1. The number of hydrogen-bond donors (Lipinski definition) is 0. The van der Waals surface area contributed by atoms with Gasteiger partial charge in [0.2, 0.25) is 0 Å². The van der Waals surface area contributed by atoms with Crippen molar-refractivity contribution in [3.63, 3.8) is 0 Å². The molecule has 2 aliphatic rings. The molecule has 0 saturated heterocycles. The summed E-state index contributed by atoms with van der Waals surface area (Å²) in [6.45, 7) is 0. The molecular formula is C112H78N8. The SMILES string of the molecule is C1=C2c3ccccc3N(c3cccc(-c4cccc(-c5cc(-c6cccc(-c7cccc(-n8c9ccccc9c9cc(N(c%10ccccc%10)c%10ccccc%10)ccc98)c7)c6)nc(-c6cccc(-c7cccc(-n8c9ccccc9c9cc(N(c%10ccccc%10)c%10ccccc%10)ccc98)c7)c6)n5)c4)c3)C2CC=C1N(c1ccccc1)c1ccccc1. The molecule has 1 atom stereocenters. The predicted molar refractivity (Wildman–Crippen MR) is 501 cm³/mol. The Hall–Kier alpha value is -15.9. The van der Waals surface area contributed by atoms with E-state index in [1.807, 2.05) is 0 Å². The van der Waals surface area contributed by atoms with E-state index in [1.54, 1.807) is 0 Å². The highest BCUT2D eigenvalue weighted by Crippen LogP contribution is 2.51. The molecule has 1 unspecified atom stereocenters. The molecule has 566 valence electrons. The maximum absolute atomic E-state index is 5.63. The van der Waals surface area contributed by atoms with Gasteiger partial charge in [-0.25, -0.2) is 9.97 Å². The van der Waals surface area contributed by atoms with Gasteiger partial charge in [0.05, 0.1) is 39.5 Å². The number of para-hydroxylation sites is 9. The van der Waals surface area contributed by atoms with Gasteiger partial charge >= 0.3 is 0 Å². The molecule has 0 radical (unpaired) electrons. The largest absolute Gasteiger partial charge is 0.333 e. The molecule has 0 saturated carbocycles. The standard InChI is InChI=1S/C112H78N8/c1-7-40-86(41-8-1)115(87-42-9-2-10-43-87)95-61-64-109-101(73-95)98-55-19-22-58-106(98)118(109)92-52-28-34-80(70-92)77-31-25-37-83(67-77)104-76-105(84-38-26-32-78(68-84)81-35-29-53-93(71-81)119-107-59-23-20-56-99(107)102-74-96(62-65-110(102)119)116(88-44-11-3-12-45-88)89-46-13-4-14-47-89)114-112(113-104)85-39-27-33-79(69-85)82-36-30-54-94(72-82)120-108-60-24-21-57-100(108)103-75-97(63-66-111(103)120)117(90-48-15-5-16-49-90)91-50-17-6-18-51-91/h1-64,66-76,110H,65H2. The van der Waals surface area contributed by atoms with E-state index in [0.29, 0.717) is 5.82 Å². The van der Waals surface area contributed by atoms with E-state index in [1.165, 1.54) is 38.4 Å². The average Bonchev–Trinajstić information content (AvgIpc) is 1.03. The summed E-state index contributed by atoms with van der Waals surface area (Å²) in [6.07, 6.45) is 5.66. The van der Waals surface area contributed by atoms with E-state index >= 15 is 0 Å². The third-order valence-corrected chi connectivity index (χ3v) is 23.7. The fourth-order valence-electron chi connectivity index (χ4n) is 18.2. The molecule has 8 nitrogen and oxygen atoms in total. The fourth-order valence-corrected chi connectivity index (χ4v) is 18.2. The molecule has 0 fully saturated rings. The van der Waals surface area contributed by atoms with Crippen LogP contribution in [0.2, 0.25) is 0 Å². The van der Waals surface area contributed by atoms with Crippen molar-refractivity contribution in [2.45, 2.75) is 12.5 Å². The summed E-state index contributed by atoms with van der Waals surface area (Å²) in [5.41, 5.74) is 32.5. The molecule has 17 aromatic carbocycles. The average molecular weight is 1540 g/mol. The molecule has 0 N–H and O–H groups in total. The third kappa shape index (κ3) is 12.9. The van der Waals surface area contributed by atoms with Crippen LogP contribution < -0.4 is 19.6 Å². The lowest BCUT2D eigenvalue weighted by Crippen LogP contribution is -2.29. The highest BCUT2D eigenvalue weighted by molar-refractivity contribution is 6.12. The van der Waals surface area contributed by atoms with Gasteiger partial charge in [0.15, 0.2) is 5.82 Å². The van der Waals surface area contributed by atoms with Crippen molar-refractivity contribution in [3.8, 4) is 78.7 Å². The zero-order chi connectivity index (χ0) is 79.4. The number of nitrogens with zero attached hydrogens (tertiary/aromatic N) is 8. The van der Waals surface area contributed by atoms with Crippen LogP contribution in [0, 0.1) is 0 Å². The normalized spacial score (nSPS) is 13.0. The number of hydrogen-bond acceptors (Lipinski definition) is 6. The number of anilines is 10. The van der Waals surface area contributed by atoms with E-state index in [-0.39, 0.29) is 6.04 Å². The maximum Gasteiger partial charge on any atom is 0.160 e. The lowest BCUT2D eigenvalue weighted by Gasteiger charge is -2.33. The van der Waals surface area contributed by atoms with Crippen LogP contribution in [-0.2, 0) is 0 Å². The molecule has 1 aliphatic heterocycles. The first-order valence-electron chi connectivity index (χ1n) is 41.1. The first-order chi connectivity index (χ1) is 59.5. The van der Waals surface area contributed by atoms with Gasteiger partial charge in [0.1, 0.15) is 0 Å². The molecule has 0 spiro atoms. The number of allylic oxidation sites excluding steroid dienone is 1. The molecule has 8 heteroatoms. The van der Waals surface area contributed by atoms with Crippen molar-refractivity contribution < 1.29 is 0 Å². The Labute approximate surface area is 697 Å². The van der Waals surface area contributed by atoms with Gasteiger partial charge in [-0.05, 0) is 240 Å². The zero-order valence-corrected chi connectivity index (χ0v) is 65.7. The van der Waals surface area contributed by atoms with Crippen molar-refractivity contribution >= 4 is 106 Å². The lowest BCUT2D eigenvalue weighted by molar-refractivity contribution is 0.820. The van der Waals surface area contributed by atoms with Crippen LogP contribution in [0.15, 0.2) is 461 Å². The van der Waals surface area contributed by atoms with Crippen LogP contribution in [-0.4, -0.2) is 25.1 Å². The van der Waals surface area contributed by atoms with E-state index in [0.717, 1.165) is 158 Å². The highest BCUT2D eigenvalue weighted by atomic mass is 15.2. The van der Waals surface area contributed by atoms with E-state index < -0.39 is 0 Å². The third-order valence-electron chi connectivity index (χ3n) is 23.7. The number of fused-ring (bicyclic) bond motifs is 9. The summed E-state index contributed by atoms with van der Waals surface area (Å²) in [5, 5.41) is 4.73. The smallest absolute Gasteiger partial charge is 0.160 e. The topological polar surface area (TPSA) is 48.6 Å². The minimum absolute atomic E-state index is 0.101. The molecule has 22 rings (SSSR count). The Kier molecular flexibility index (Phi) is 17.9. The van der Waals surface area contributed by atoms with Crippen LogP contribution in [0.25, 0.3) is 128 Å². The van der Waals surface area contributed by atoms with Crippen molar-refractivity contribution in [2.24, 2.45) is 0 Å². The van der Waals surface area contributed by atoms with Gasteiger partial charge in [-0.2, -0.15) is 0 Å². The van der Waals surface area contributed by atoms with Crippen LogP contribution in [0.4, 0.5) is 56.9 Å². The lowest BCUT2D eigenvalue weighted by atomic mass is 9.93. The Balaban J connectivity index is 0.634. The quantitative estimate of drug-likeness (QED) is 0.0853. The van der Waals surface area contributed by atoms with Crippen LogP contribution >= 0.6 is 0 Å². The van der Waals surface area contributed by atoms with Gasteiger partial charge in [-0.15, -0.1) is 0 Å². The molecule has 0 amide bonds. The van der Waals surface area contributed by atoms with Crippen molar-refractivity contribution in [3.05, 3.63) is 466 Å². The summed E-state index contributed by atoms with van der Waals surface area (Å²) >= 11 is 0. The predicted octanol–water partition coefficient (Wildman–Crippen LogP) is 29.6. The van der Waals surface area contributed by atoms with Crippen molar-refractivity contribution in [1.29, 1.82) is 0 Å². The van der Waals surface area contributed by atoms with Gasteiger partial charge in [0, 0.05) is 118 Å². The molecule has 120 heavy (non-hydrogen) atoms. The first kappa shape index (κ1) is 70.7. The van der Waals surface area contributed by atoms with Gasteiger partial charge < -0.3 is 28.7 Å². The van der Waals surface area contributed by atoms with Gasteiger partial charge in [-0.3, -0.25) is 0 Å². The summed E-state index contributed by atoms with van der Waals surface area (Å²) < 4.78 is 4.82. The van der Waals surface area contributed by atoms with Crippen LogP contribution in [0.1, 0.15) is 12.0 Å². The maximum atomic E-state index is 5.63. The second-order valence-corrected chi connectivity index (χ2v) is 30.9. The molecule has 3 aromatic heterocycles. The van der Waals surface area contributed by atoms with Crippen molar-refractivity contribution in [2.75, 3.05) is 19.6 Å².